The lowest BCUT2D eigenvalue weighted by Crippen LogP contribution is -2.18. The Morgan fingerprint density at radius 1 is 1.26 bits per heavy atom. The van der Waals surface area contributed by atoms with Gasteiger partial charge in [0.1, 0.15) is 5.75 Å². The average Bonchev–Trinajstić information content (AvgIpc) is 2.91. The van der Waals surface area contributed by atoms with Crippen LogP contribution in [-0.2, 0) is 4.79 Å². The second-order valence-corrected chi connectivity index (χ2v) is 4.95. The first kappa shape index (κ1) is 13.9. The fourth-order valence-electron chi connectivity index (χ4n) is 2.28. The first-order valence-corrected chi connectivity index (χ1v) is 6.99. The molecule has 0 saturated heterocycles. The SMILES string of the molecule is CNCCC(=O)Nc1ccc(OC2CCCC2)cc1. The summed E-state index contributed by atoms with van der Waals surface area (Å²) in [6.07, 6.45) is 5.70. The molecule has 1 amide bonds. The molecule has 1 aliphatic rings. The summed E-state index contributed by atoms with van der Waals surface area (Å²) in [4.78, 5) is 11.6. The number of carbonyl (C=O) groups excluding carboxylic acids is 1. The van der Waals surface area contributed by atoms with Crippen molar-refractivity contribution in [2.24, 2.45) is 0 Å². The molecule has 2 rings (SSSR count). The highest BCUT2D eigenvalue weighted by molar-refractivity contribution is 5.90. The number of nitrogens with one attached hydrogen (secondary N) is 2. The maximum atomic E-state index is 11.6. The van der Waals surface area contributed by atoms with Crippen molar-refractivity contribution in [1.82, 2.24) is 5.32 Å². The minimum Gasteiger partial charge on any atom is -0.490 e. The Labute approximate surface area is 114 Å². The van der Waals surface area contributed by atoms with E-state index in [0.29, 0.717) is 19.1 Å². The van der Waals surface area contributed by atoms with Crippen LogP contribution in [0.15, 0.2) is 24.3 Å². The number of carbonyl (C=O) groups is 1. The normalized spacial score (nSPS) is 15.4. The van der Waals surface area contributed by atoms with Crippen LogP contribution in [0.4, 0.5) is 5.69 Å². The van der Waals surface area contributed by atoms with Gasteiger partial charge >= 0.3 is 0 Å². The zero-order chi connectivity index (χ0) is 13.5. The van der Waals surface area contributed by atoms with Crippen LogP contribution in [0.3, 0.4) is 0 Å². The summed E-state index contributed by atoms with van der Waals surface area (Å²) in [6.45, 7) is 0.689. The van der Waals surface area contributed by atoms with Gasteiger partial charge in [-0.1, -0.05) is 0 Å². The van der Waals surface area contributed by atoms with E-state index in [-0.39, 0.29) is 5.91 Å². The van der Waals surface area contributed by atoms with Gasteiger partial charge in [-0.05, 0) is 57.0 Å². The predicted molar refractivity (Wildman–Crippen MR) is 76.5 cm³/mol. The highest BCUT2D eigenvalue weighted by atomic mass is 16.5. The summed E-state index contributed by atoms with van der Waals surface area (Å²) < 4.78 is 5.88. The number of rotatable bonds is 6. The van der Waals surface area contributed by atoms with E-state index in [1.54, 1.807) is 0 Å². The quantitative estimate of drug-likeness (QED) is 0.828. The topological polar surface area (TPSA) is 50.4 Å². The first-order valence-electron chi connectivity index (χ1n) is 6.99. The third-order valence-electron chi connectivity index (χ3n) is 3.35. The zero-order valence-electron chi connectivity index (χ0n) is 11.4. The molecule has 1 aromatic rings. The van der Waals surface area contributed by atoms with Gasteiger partial charge in [-0.3, -0.25) is 4.79 Å². The van der Waals surface area contributed by atoms with Crippen molar-refractivity contribution in [3.05, 3.63) is 24.3 Å². The van der Waals surface area contributed by atoms with Crippen LogP contribution >= 0.6 is 0 Å². The Hall–Kier alpha value is -1.55. The minimum atomic E-state index is 0.0267. The lowest BCUT2D eigenvalue weighted by Gasteiger charge is -2.13. The molecule has 4 heteroatoms. The minimum absolute atomic E-state index is 0.0267. The van der Waals surface area contributed by atoms with Crippen molar-refractivity contribution in [2.75, 3.05) is 18.9 Å². The summed E-state index contributed by atoms with van der Waals surface area (Å²) in [5, 5.41) is 5.82. The van der Waals surface area contributed by atoms with E-state index in [0.717, 1.165) is 24.3 Å². The molecular formula is C15H22N2O2. The molecule has 1 saturated carbocycles. The standard InChI is InChI=1S/C15H22N2O2/c1-16-11-10-15(18)17-12-6-8-14(9-7-12)19-13-4-2-3-5-13/h6-9,13,16H,2-5,10-11H2,1H3,(H,17,18). The van der Waals surface area contributed by atoms with Crippen LogP contribution in [0.2, 0.25) is 0 Å². The maximum absolute atomic E-state index is 11.6. The van der Waals surface area contributed by atoms with Gasteiger partial charge in [0.15, 0.2) is 0 Å². The molecule has 1 aliphatic carbocycles. The Morgan fingerprint density at radius 3 is 2.58 bits per heavy atom. The molecule has 0 bridgehead atoms. The lowest BCUT2D eigenvalue weighted by molar-refractivity contribution is -0.116. The molecule has 104 valence electrons. The molecule has 4 nitrogen and oxygen atoms in total. The summed E-state index contributed by atoms with van der Waals surface area (Å²) in [6, 6.07) is 7.63. The highest BCUT2D eigenvalue weighted by Crippen LogP contribution is 2.24. The fraction of sp³-hybridized carbons (Fsp3) is 0.533. The first-order chi connectivity index (χ1) is 9.28. The van der Waals surface area contributed by atoms with Crippen LogP contribution in [0.25, 0.3) is 0 Å². The van der Waals surface area contributed by atoms with E-state index in [1.165, 1.54) is 12.8 Å². The zero-order valence-corrected chi connectivity index (χ0v) is 11.4. The highest BCUT2D eigenvalue weighted by Gasteiger charge is 2.16. The van der Waals surface area contributed by atoms with Crippen molar-refractivity contribution >= 4 is 11.6 Å². The Balaban J connectivity index is 1.82. The van der Waals surface area contributed by atoms with E-state index in [4.69, 9.17) is 4.74 Å². The molecule has 1 fully saturated rings. The molecule has 1 aromatic carbocycles. The van der Waals surface area contributed by atoms with Crippen molar-refractivity contribution in [1.29, 1.82) is 0 Å². The summed E-state index contributed by atoms with van der Waals surface area (Å²) in [7, 11) is 1.84. The van der Waals surface area contributed by atoms with Gasteiger partial charge < -0.3 is 15.4 Å². The molecule has 0 unspecified atom stereocenters. The molecule has 0 aromatic heterocycles. The number of hydrogen-bond acceptors (Lipinski definition) is 3. The smallest absolute Gasteiger partial charge is 0.225 e. The average molecular weight is 262 g/mol. The number of benzene rings is 1. The summed E-state index contributed by atoms with van der Waals surface area (Å²) in [5.74, 6) is 0.916. The van der Waals surface area contributed by atoms with Crippen LogP contribution in [0.5, 0.6) is 5.75 Å². The van der Waals surface area contributed by atoms with Crippen LogP contribution in [0.1, 0.15) is 32.1 Å². The molecule has 0 spiro atoms. The van der Waals surface area contributed by atoms with Crippen LogP contribution in [0, 0.1) is 0 Å². The van der Waals surface area contributed by atoms with Gasteiger partial charge in [0.2, 0.25) is 5.91 Å². The molecular weight excluding hydrogens is 240 g/mol. The summed E-state index contributed by atoms with van der Waals surface area (Å²) in [5.41, 5.74) is 0.819. The fourth-order valence-corrected chi connectivity index (χ4v) is 2.28. The van der Waals surface area contributed by atoms with E-state index >= 15 is 0 Å². The van der Waals surface area contributed by atoms with Gasteiger partial charge in [0, 0.05) is 18.7 Å². The van der Waals surface area contributed by atoms with Crippen molar-refractivity contribution in [3.8, 4) is 5.75 Å². The van der Waals surface area contributed by atoms with Gasteiger partial charge in [-0.15, -0.1) is 0 Å². The Kier molecular flexibility index (Phi) is 5.21. The number of amides is 1. The monoisotopic (exact) mass is 262 g/mol. The van der Waals surface area contributed by atoms with Crippen LogP contribution < -0.4 is 15.4 Å². The second-order valence-electron chi connectivity index (χ2n) is 4.95. The molecule has 0 aliphatic heterocycles. The van der Waals surface area contributed by atoms with Gasteiger partial charge in [0.05, 0.1) is 6.10 Å². The van der Waals surface area contributed by atoms with Crippen molar-refractivity contribution in [2.45, 2.75) is 38.2 Å². The summed E-state index contributed by atoms with van der Waals surface area (Å²) >= 11 is 0. The second kappa shape index (κ2) is 7.14. The number of hydrogen-bond donors (Lipinski definition) is 2. The lowest BCUT2D eigenvalue weighted by atomic mass is 10.2. The van der Waals surface area contributed by atoms with Crippen LogP contribution in [-0.4, -0.2) is 25.6 Å². The van der Waals surface area contributed by atoms with Crippen molar-refractivity contribution < 1.29 is 9.53 Å². The van der Waals surface area contributed by atoms with Gasteiger partial charge in [0.25, 0.3) is 0 Å². The van der Waals surface area contributed by atoms with E-state index in [2.05, 4.69) is 10.6 Å². The molecule has 19 heavy (non-hydrogen) atoms. The Bertz CT molecular complexity index is 397. The predicted octanol–water partition coefficient (Wildman–Crippen LogP) is 2.56. The van der Waals surface area contributed by atoms with Gasteiger partial charge in [-0.2, -0.15) is 0 Å². The maximum Gasteiger partial charge on any atom is 0.225 e. The van der Waals surface area contributed by atoms with E-state index < -0.39 is 0 Å². The molecule has 0 radical (unpaired) electrons. The van der Waals surface area contributed by atoms with E-state index in [9.17, 15) is 4.79 Å². The molecule has 0 atom stereocenters. The Morgan fingerprint density at radius 2 is 1.95 bits per heavy atom. The third kappa shape index (κ3) is 4.56. The molecule has 2 N–H and O–H groups in total. The van der Waals surface area contributed by atoms with E-state index in [1.807, 2.05) is 31.3 Å². The number of anilines is 1. The van der Waals surface area contributed by atoms with Crippen molar-refractivity contribution in [3.63, 3.8) is 0 Å². The largest absolute Gasteiger partial charge is 0.490 e. The number of ether oxygens (including phenoxy) is 1. The molecule has 0 heterocycles. The third-order valence-corrected chi connectivity index (χ3v) is 3.35. The van der Waals surface area contributed by atoms with Gasteiger partial charge in [-0.25, -0.2) is 0 Å².